The Kier molecular flexibility index (Phi) is 5.06. The fourth-order valence-corrected chi connectivity index (χ4v) is 0.731. The summed E-state index contributed by atoms with van der Waals surface area (Å²) in [5.74, 6) is 0.115. The van der Waals surface area contributed by atoms with Crippen LogP contribution in [0, 0.1) is 0 Å². The Balaban J connectivity index is 3.06. The highest BCUT2D eigenvalue weighted by molar-refractivity contribution is 9.09. The topological polar surface area (TPSA) is 29.1 Å². The molecule has 1 N–H and O–H groups in total. The van der Waals surface area contributed by atoms with Gasteiger partial charge >= 0.3 is 0 Å². The van der Waals surface area contributed by atoms with E-state index >= 15 is 0 Å². The third kappa shape index (κ3) is 4.12. The molecule has 0 saturated carbocycles. The monoisotopic (exact) mass is 179 g/mol. The van der Waals surface area contributed by atoms with Gasteiger partial charge in [0.15, 0.2) is 0 Å². The van der Waals surface area contributed by atoms with Crippen LogP contribution in [-0.2, 0) is 4.79 Å². The van der Waals surface area contributed by atoms with Gasteiger partial charge in [0.1, 0.15) is 0 Å². The molecule has 0 unspecified atom stereocenters. The minimum atomic E-state index is 0.115. The lowest BCUT2D eigenvalue weighted by Gasteiger charge is -1.95. The maximum absolute atomic E-state index is 10.5. The highest BCUT2D eigenvalue weighted by atomic mass is 79.9. The van der Waals surface area contributed by atoms with Gasteiger partial charge in [0.25, 0.3) is 0 Å². The van der Waals surface area contributed by atoms with Gasteiger partial charge in [-0.05, 0) is 6.92 Å². The average molecular weight is 180 g/mol. The lowest BCUT2D eigenvalue weighted by Crippen LogP contribution is -2.22. The average Bonchev–Trinajstić information content (AvgIpc) is 1.68. The van der Waals surface area contributed by atoms with Gasteiger partial charge in [-0.3, -0.25) is 4.79 Å². The first-order chi connectivity index (χ1) is 3.81. The summed E-state index contributed by atoms with van der Waals surface area (Å²) in [6, 6.07) is 0. The maximum Gasteiger partial charge on any atom is 0.220 e. The predicted molar refractivity (Wildman–Crippen MR) is 37.1 cm³/mol. The molecule has 0 aliphatic rings. The first-order valence-corrected chi connectivity index (χ1v) is 3.76. The van der Waals surface area contributed by atoms with Crippen LogP contribution in [0.15, 0.2) is 0 Å². The molecule has 0 atom stereocenters. The minimum Gasteiger partial charge on any atom is -0.356 e. The third-order valence-electron chi connectivity index (χ3n) is 0.695. The zero-order chi connectivity index (χ0) is 6.41. The van der Waals surface area contributed by atoms with Crippen LogP contribution < -0.4 is 5.32 Å². The van der Waals surface area contributed by atoms with Crippen LogP contribution >= 0.6 is 15.9 Å². The second kappa shape index (κ2) is 5.09. The van der Waals surface area contributed by atoms with Crippen molar-refractivity contribution in [2.75, 3.05) is 11.9 Å². The van der Waals surface area contributed by atoms with Gasteiger partial charge in [-0.25, -0.2) is 0 Å². The number of carbonyl (C=O) groups excluding carboxylic acids is 1. The number of carbonyl (C=O) groups is 1. The summed E-state index contributed by atoms with van der Waals surface area (Å²) in [6.07, 6.45) is 0.577. The zero-order valence-electron chi connectivity index (χ0n) is 4.91. The largest absolute Gasteiger partial charge is 0.356 e. The Morgan fingerprint density at radius 2 is 2.38 bits per heavy atom. The molecule has 8 heavy (non-hydrogen) atoms. The van der Waals surface area contributed by atoms with Crippen LogP contribution in [0.2, 0.25) is 0 Å². The van der Waals surface area contributed by atoms with E-state index in [0.29, 0.717) is 6.42 Å². The summed E-state index contributed by atoms with van der Waals surface area (Å²) in [5.41, 5.74) is 0. The van der Waals surface area contributed by atoms with Crippen LogP contribution in [0.4, 0.5) is 0 Å². The van der Waals surface area contributed by atoms with Crippen molar-refractivity contribution in [3.05, 3.63) is 0 Å². The molecule has 0 saturated heterocycles. The molecule has 0 bridgehead atoms. The van der Waals surface area contributed by atoms with Crippen LogP contribution in [0.1, 0.15) is 13.3 Å². The van der Waals surface area contributed by atoms with Gasteiger partial charge in [-0.1, -0.05) is 15.9 Å². The summed E-state index contributed by atoms with van der Waals surface area (Å²) in [4.78, 5) is 10.5. The number of rotatable bonds is 3. The number of halogens is 1. The Hall–Kier alpha value is -0.0500. The van der Waals surface area contributed by atoms with Crippen molar-refractivity contribution in [1.29, 1.82) is 0 Å². The smallest absolute Gasteiger partial charge is 0.220 e. The molecule has 0 aliphatic carbocycles. The van der Waals surface area contributed by atoms with Crippen molar-refractivity contribution in [3.8, 4) is 0 Å². The molecular weight excluding hydrogens is 170 g/mol. The standard InChI is InChI=1S/C5H10BrNO/c1-2-7-5(8)3-4-6/h2-4H2,1H3,(H,7,8). The normalized spacial score (nSPS) is 8.75. The molecule has 0 radical (unpaired) electrons. The molecule has 1 amide bonds. The fraction of sp³-hybridized carbons (Fsp3) is 0.800. The molecule has 0 rings (SSSR count). The Labute approximate surface area is 57.8 Å². The molecule has 0 heterocycles. The van der Waals surface area contributed by atoms with Crippen LogP contribution in [0.25, 0.3) is 0 Å². The van der Waals surface area contributed by atoms with Crippen LogP contribution in [0.3, 0.4) is 0 Å². The van der Waals surface area contributed by atoms with Crippen molar-refractivity contribution in [3.63, 3.8) is 0 Å². The van der Waals surface area contributed by atoms with Crippen LogP contribution in [-0.4, -0.2) is 17.8 Å². The minimum absolute atomic E-state index is 0.115. The number of hydrogen-bond acceptors (Lipinski definition) is 1. The Morgan fingerprint density at radius 1 is 1.75 bits per heavy atom. The van der Waals surface area contributed by atoms with Crippen LogP contribution in [0.5, 0.6) is 0 Å². The number of amides is 1. The van der Waals surface area contributed by atoms with E-state index in [9.17, 15) is 4.79 Å². The highest BCUT2D eigenvalue weighted by Gasteiger charge is 1.93. The molecule has 0 aliphatic heterocycles. The van der Waals surface area contributed by atoms with Crippen molar-refractivity contribution in [2.24, 2.45) is 0 Å². The van der Waals surface area contributed by atoms with Gasteiger partial charge in [0.05, 0.1) is 0 Å². The highest BCUT2D eigenvalue weighted by Crippen LogP contribution is 1.85. The number of alkyl halides is 1. The Bertz CT molecular complexity index is 66.8. The van der Waals surface area contributed by atoms with Gasteiger partial charge in [-0.2, -0.15) is 0 Å². The Morgan fingerprint density at radius 3 is 2.75 bits per heavy atom. The summed E-state index contributed by atoms with van der Waals surface area (Å²) in [5, 5.41) is 3.43. The zero-order valence-corrected chi connectivity index (χ0v) is 6.49. The van der Waals surface area contributed by atoms with Gasteiger partial charge in [0.2, 0.25) is 5.91 Å². The molecule has 0 fully saturated rings. The van der Waals surface area contributed by atoms with Gasteiger partial charge in [0, 0.05) is 18.3 Å². The summed E-state index contributed by atoms with van der Waals surface area (Å²) in [6.45, 7) is 2.64. The van der Waals surface area contributed by atoms with E-state index in [1.54, 1.807) is 0 Å². The lowest BCUT2D eigenvalue weighted by atomic mass is 10.4. The molecule has 2 nitrogen and oxygen atoms in total. The summed E-state index contributed by atoms with van der Waals surface area (Å²) in [7, 11) is 0. The van der Waals surface area contributed by atoms with E-state index in [2.05, 4.69) is 21.2 Å². The molecule has 0 aromatic carbocycles. The second-order valence-corrected chi connectivity index (χ2v) is 2.19. The molecule has 3 heteroatoms. The van der Waals surface area contributed by atoms with E-state index in [1.165, 1.54) is 0 Å². The van der Waals surface area contributed by atoms with Gasteiger partial charge in [-0.15, -0.1) is 0 Å². The molecule has 0 spiro atoms. The van der Waals surface area contributed by atoms with Crippen molar-refractivity contribution < 1.29 is 4.79 Å². The molecule has 48 valence electrons. The number of hydrogen-bond donors (Lipinski definition) is 1. The fourth-order valence-electron chi connectivity index (χ4n) is 0.371. The number of nitrogens with one attached hydrogen (secondary N) is 1. The lowest BCUT2D eigenvalue weighted by molar-refractivity contribution is -0.120. The molecule has 0 aromatic heterocycles. The molecular formula is C5H10BrNO. The SMILES string of the molecule is CCNC(=O)CCBr. The van der Waals surface area contributed by atoms with E-state index in [4.69, 9.17) is 0 Å². The first-order valence-electron chi connectivity index (χ1n) is 2.64. The maximum atomic E-state index is 10.5. The summed E-state index contributed by atoms with van der Waals surface area (Å²) < 4.78 is 0. The quantitative estimate of drug-likeness (QED) is 0.642. The van der Waals surface area contributed by atoms with Crippen molar-refractivity contribution in [2.45, 2.75) is 13.3 Å². The van der Waals surface area contributed by atoms with E-state index in [-0.39, 0.29) is 5.91 Å². The first kappa shape index (κ1) is 7.95. The predicted octanol–water partition coefficient (Wildman–Crippen LogP) is 0.907. The second-order valence-electron chi connectivity index (χ2n) is 1.39. The summed E-state index contributed by atoms with van der Waals surface area (Å²) >= 11 is 3.16. The molecule has 0 aromatic rings. The van der Waals surface area contributed by atoms with E-state index in [1.807, 2.05) is 6.92 Å². The van der Waals surface area contributed by atoms with E-state index < -0.39 is 0 Å². The van der Waals surface area contributed by atoms with Crippen molar-refractivity contribution in [1.82, 2.24) is 5.32 Å². The van der Waals surface area contributed by atoms with E-state index in [0.717, 1.165) is 11.9 Å². The van der Waals surface area contributed by atoms with Crippen molar-refractivity contribution >= 4 is 21.8 Å². The third-order valence-corrected chi connectivity index (χ3v) is 1.09. The van der Waals surface area contributed by atoms with Gasteiger partial charge < -0.3 is 5.32 Å².